The molecule has 0 bridgehead atoms. The number of nitrogens with zero attached hydrogens (tertiary/aromatic N) is 3. The number of hydrogen-bond acceptors (Lipinski definition) is 4. The number of anilines is 1. The first-order chi connectivity index (χ1) is 9.97. The summed E-state index contributed by atoms with van der Waals surface area (Å²) < 4.78 is 0. The minimum atomic E-state index is 0.0584. The largest absolute Gasteiger partial charge is 0.397 e. The maximum atomic E-state index is 12.8. The lowest BCUT2D eigenvalue weighted by molar-refractivity contribution is 0.0569. The van der Waals surface area contributed by atoms with Crippen molar-refractivity contribution in [3.8, 4) is 0 Å². The van der Waals surface area contributed by atoms with Crippen molar-refractivity contribution < 1.29 is 4.79 Å². The van der Waals surface area contributed by atoms with Crippen molar-refractivity contribution in [3.63, 3.8) is 0 Å². The van der Waals surface area contributed by atoms with Gasteiger partial charge in [-0.3, -0.25) is 4.79 Å². The van der Waals surface area contributed by atoms with Crippen LogP contribution < -0.4 is 5.73 Å². The molecule has 2 rings (SSSR count). The predicted octanol–water partition coefficient (Wildman–Crippen LogP) is 0.695. The van der Waals surface area contributed by atoms with Crippen molar-refractivity contribution in [2.45, 2.75) is 18.9 Å². The van der Waals surface area contributed by atoms with Crippen LogP contribution in [0.5, 0.6) is 0 Å². The number of carbonyl (C=O) groups is 1. The molecule has 6 heteroatoms. The van der Waals surface area contributed by atoms with Crippen molar-refractivity contribution in [1.29, 1.82) is 0 Å². The Morgan fingerprint density at radius 2 is 2.05 bits per heavy atom. The number of nitrogens with one attached hydrogen (secondary N) is 1. The van der Waals surface area contributed by atoms with E-state index in [-0.39, 0.29) is 5.91 Å². The lowest BCUT2D eigenvalue weighted by Crippen LogP contribution is -2.48. The van der Waals surface area contributed by atoms with Gasteiger partial charge in [0.15, 0.2) is 0 Å². The lowest BCUT2D eigenvalue weighted by Gasteiger charge is -2.37. The number of aromatic nitrogens is 1. The van der Waals surface area contributed by atoms with E-state index in [4.69, 9.17) is 5.73 Å². The molecule has 1 saturated heterocycles. The van der Waals surface area contributed by atoms with Crippen LogP contribution in [0.3, 0.4) is 0 Å². The highest BCUT2D eigenvalue weighted by Gasteiger charge is 2.28. The Kier molecular flexibility index (Phi) is 5.25. The molecule has 0 unspecified atom stereocenters. The zero-order chi connectivity index (χ0) is 15.4. The summed E-state index contributed by atoms with van der Waals surface area (Å²) in [5, 5.41) is 0. The number of aromatic amines is 1. The summed E-state index contributed by atoms with van der Waals surface area (Å²) in [7, 11) is 6.20. The van der Waals surface area contributed by atoms with Crippen molar-refractivity contribution >= 4 is 11.6 Å². The predicted molar refractivity (Wildman–Crippen MR) is 85.3 cm³/mol. The molecule has 1 aliphatic heterocycles. The summed E-state index contributed by atoms with van der Waals surface area (Å²) in [6.07, 6.45) is 3.74. The third kappa shape index (κ3) is 4.22. The smallest absolute Gasteiger partial charge is 0.270 e. The molecule has 0 aromatic carbocycles. The van der Waals surface area contributed by atoms with E-state index in [1.165, 1.54) is 0 Å². The number of nitrogens with two attached hydrogens (primary N) is 1. The molecule has 1 aromatic heterocycles. The van der Waals surface area contributed by atoms with Crippen LogP contribution in [0.25, 0.3) is 0 Å². The highest BCUT2D eigenvalue weighted by molar-refractivity contribution is 5.93. The average Bonchev–Trinajstić information content (AvgIpc) is 2.87. The molecule has 2 heterocycles. The SMILES string of the molecule is CN(C)CCN(C(=O)c1cc(N)c[nH]1)C1CCN(C)CC1. The fraction of sp³-hybridized carbons (Fsp3) is 0.667. The van der Waals surface area contributed by atoms with Gasteiger partial charge < -0.3 is 25.4 Å². The first-order valence-corrected chi connectivity index (χ1v) is 7.55. The van der Waals surface area contributed by atoms with Gasteiger partial charge in [0.05, 0.1) is 0 Å². The molecule has 1 aromatic rings. The van der Waals surface area contributed by atoms with Gasteiger partial charge in [0.25, 0.3) is 5.91 Å². The highest BCUT2D eigenvalue weighted by Crippen LogP contribution is 2.18. The molecule has 1 amide bonds. The summed E-state index contributed by atoms with van der Waals surface area (Å²) in [5.74, 6) is 0.0584. The molecule has 0 saturated carbocycles. The summed E-state index contributed by atoms with van der Waals surface area (Å²) in [5.41, 5.74) is 6.91. The van der Waals surface area contributed by atoms with E-state index in [9.17, 15) is 4.79 Å². The summed E-state index contributed by atoms with van der Waals surface area (Å²) in [4.78, 5) is 22.2. The molecule has 1 fully saturated rings. The molecule has 0 spiro atoms. The molecular formula is C15H27N5O. The van der Waals surface area contributed by atoms with Gasteiger partial charge in [-0.05, 0) is 53.1 Å². The topological polar surface area (TPSA) is 68.6 Å². The molecule has 0 aliphatic carbocycles. The van der Waals surface area contributed by atoms with Crippen LogP contribution in [0.4, 0.5) is 5.69 Å². The van der Waals surface area contributed by atoms with Crippen LogP contribution in [0.2, 0.25) is 0 Å². The number of piperidine rings is 1. The van der Waals surface area contributed by atoms with Gasteiger partial charge in [-0.25, -0.2) is 0 Å². The van der Waals surface area contributed by atoms with E-state index in [1.807, 2.05) is 19.0 Å². The number of amides is 1. The van der Waals surface area contributed by atoms with E-state index in [2.05, 4.69) is 21.8 Å². The number of nitrogen functional groups attached to an aromatic ring is 1. The third-order valence-corrected chi connectivity index (χ3v) is 4.11. The van der Waals surface area contributed by atoms with Crippen LogP contribution in [0, 0.1) is 0 Å². The number of hydrogen-bond donors (Lipinski definition) is 2. The van der Waals surface area contributed by atoms with E-state index in [0.717, 1.165) is 39.0 Å². The minimum absolute atomic E-state index is 0.0584. The first kappa shape index (κ1) is 15.9. The van der Waals surface area contributed by atoms with Crippen LogP contribution in [0.1, 0.15) is 23.3 Å². The van der Waals surface area contributed by atoms with Crippen LogP contribution in [-0.2, 0) is 0 Å². The summed E-state index contributed by atoms with van der Waals surface area (Å²) in [6, 6.07) is 2.04. The van der Waals surface area contributed by atoms with E-state index in [1.54, 1.807) is 12.3 Å². The molecular weight excluding hydrogens is 266 g/mol. The number of rotatable bonds is 5. The molecule has 118 valence electrons. The van der Waals surface area contributed by atoms with Gasteiger partial charge in [0.1, 0.15) is 5.69 Å². The Balaban J connectivity index is 2.09. The lowest BCUT2D eigenvalue weighted by atomic mass is 10.0. The zero-order valence-corrected chi connectivity index (χ0v) is 13.3. The van der Waals surface area contributed by atoms with Crippen molar-refractivity contribution in [3.05, 3.63) is 18.0 Å². The van der Waals surface area contributed by atoms with Gasteiger partial charge in [-0.1, -0.05) is 0 Å². The monoisotopic (exact) mass is 293 g/mol. The van der Waals surface area contributed by atoms with Gasteiger partial charge in [-0.2, -0.15) is 0 Å². The van der Waals surface area contributed by atoms with Crippen LogP contribution in [0.15, 0.2) is 12.3 Å². The fourth-order valence-corrected chi connectivity index (χ4v) is 2.75. The van der Waals surface area contributed by atoms with Crippen LogP contribution in [-0.4, -0.2) is 79.0 Å². The average molecular weight is 293 g/mol. The number of likely N-dealkylation sites (N-methyl/N-ethyl adjacent to an activating group) is 1. The Morgan fingerprint density at radius 3 is 2.57 bits per heavy atom. The molecule has 6 nitrogen and oxygen atoms in total. The third-order valence-electron chi connectivity index (χ3n) is 4.11. The van der Waals surface area contributed by atoms with Gasteiger partial charge in [0, 0.05) is 31.0 Å². The summed E-state index contributed by atoms with van der Waals surface area (Å²) in [6.45, 7) is 3.71. The Labute approximate surface area is 126 Å². The van der Waals surface area contributed by atoms with Crippen LogP contribution >= 0.6 is 0 Å². The normalized spacial score (nSPS) is 17.3. The van der Waals surface area contributed by atoms with Crippen molar-refractivity contribution in [1.82, 2.24) is 19.7 Å². The number of carbonyl (C=O) groups excluding carboxylic acids is 1. The van der Waals surface area contributed by atoms with Crippen molar-refractivity contribution in [2.75, 3.05) is 53.1 Å². The number of likely N-dealkylation sites (tertiary alicyclic amines) is 1. The van der Waals surface area contributed by atoms with Gasteiger partial charge >= 0.3 is 0 Å². The molecule has 21 heavy (non-hydrogen) atoms. The van der Waals surface area contributed by atoms with Gasteiger partial charge in [-0.15, -0.1) is 0 Å². The quantitative estimate of drug-likeness (QED) is 0.838. The molecule has 1 aliphatic rings. The van der Waals surface area contributed by atoms with Gasteiger partial charge in [0.2, 0.25) is 0 Å². The maximum absolute atomic E-state index is 12.8. The Morgan fingerprint density at radius 1 is 1.38 bits per heavy atom. The van der Waals surface area contributed by atoms with Crippen molar-refractivity contribution in [2.24, 2.45) is 0 Å². The molecule has 3 N–H and O–H groups in total. The molecule has 0 atom stereocenters. The first-order valence-electron chi connectivity index (χ1n) is 7.55. The van der Waals surface area contributed by atoms with E-state index in [0.29, 0.717) is 17.4 Å². The Bertz CT molecular complexity index is 462. The van der Waals surface area contributed by atoms with E-state index >= 15 is 0 Å². The minimum Gasteiger partial charge on any atom is -0.397 e. The zero-order valence-electron chi connectivity index (χ0n) is 13.3. The second-order valence-corrected chi connectivity index (χ2v) is 6.18. The summed E-state index contributed by atoms with van der Waals surface area (Å²) >= 11 is 0. The molecule has 0 radical (unpaired) electrons. The van der Waals surface area contributed by atoms with E-state index < -0.39 is 0 Å². The number of H-pyrrole nitrogens is 1. The second-order valence-electron chi connectivity index (χ2n) is 6.18. The fourth-order valence-electron chi connectivity index (χ4n) is 2.75. The Hall–Kier alpha value is -1.53. The highest BCUT2D eigenvalue weighted by atomic mass is 16.2. The standard InChI is InChI=1S/C15H27N5O/c1-18(2)8-9-20(13-4-6-19(3)7-5-13)15(21)14-10-12(16)11-17-14/h10-11,13,17H,4-9,16H2,1-3H3. The maximum Gasteiger partial charge on any atom is 0.270 e. The second kappa shape index (κ2) is 6.95.